The number of nitrogens with one attached hydrogen (secondary N) is 2. The summed E-state index contributed by atoms with van der Waals surface area (Å²) in [6, 6.07) is 29.3. The predicted molar refractivity (Wildman–Crippen MR) is 208 cm³/mol. The summed E-state index contributed by atoms with van der Waals surface area (Å²) in [6.45, 7) is 7.49. The molecule has 0 saturated carbocycles. The molecule has 12 heteroatoms. The normalized spacial score (nSPS) is 10.7. The molecule has 8 nitrogen and oxygen atoms in total. The lowest BCUT2D eigenvalue weighted by molar-refractivity contribution is 0.0941. The Labute approximate surface area is 320 Å². The van der Waals surface area contributed by atoms with Crippen LogP contribution in [0.2, 0.25) is 10.0 Å². The van der Waals surface area contributed by atoms with E-state index in [1.54, 1.807) is 92.7 Å². The van der Waals surface area contributed by atoms with Crippen molar-refractivity contribution in [2.75, 3.05) is 0 Å². The Kier molecular flexibility index (Phi) is 12.6. The molecule has 4 aromatic carbocycles. The molecule has 6 aromatic rings. The average molecular weight is 770 g/mol. The van der Waals surface area contributed by atoms with Crippen molar-refractivity contribution >= 4 is 35.0 Å². The van der Waals surface area contributed by atoms with E-state index in [0.29, 0.717) is 21.4 Å². The fraction of sp³-hybridized carbons (Fsp3) is 0.143. The number of hydrogen-bond acceptors (Lipinski definition) is 4. The second-order valence-corrected chi connectivity index (χ2v) is 13.5. The van der Waals surface area contributed by atoms with Gasteiger partial charge in [-0.05, 0) is 123 Å². The quantitative estimate of drug-likeness (QED) is 0.163. The Hall–Kier alpha value is -5.84. The summed E-state index contributed by atoms with van der Waals surface area (Å²) in [5, 5.41) is 6.58. The first-order valence-corrected chi connectivity index (χ1v) is 17.5. The zero-order chi connectivity index (χ0) is 39.1. The third kappa shape index (κ3) is 9.38. The standard InChI is InChI=1S/2C21H18ClFN2O2/c1-13-3-10-18(23)19(11-13)25-14(2)4-9-17(21(25)27)20(26)24-12-15-5-7-16(22)8-6-15;1-13-6-9-18(23)19(10-13)25-14(2)7-8-17(21(25)27)20(26)24-12-15-4-3-5-16(22)11-15/h2*3-11H,12H2,1-2H3,(H,24,26). The number of benzene rings is 4. The molecule has 0 atom stereocenters. The van der Waals surface area contributed by atoms with Crippen LogP contribution in [0.4, 0.5) is 8.78 Å². The van der Waals surface area contributed by atoms with Crippen molar-refractivity contribution in [2.45, 2.75) is 40.8 Å². The van der Waals surface area contributed by atoms with Gasteiger partial charge in [-0.3, -0.25) is 28.3 Å². The highest BCUT2D eigenvalue weighted by molar-refractivity contribution is 6.30. The number of aryl methyl sites for hydroxylation is 4. The van der Waals surface area contributed by atoms with E-state index in [1.165, 1.54) is 33.4 Å². The lowest BCUT2D eigenvalue weighted by atomic mass is 10.1. The van der Waals surface area contributed by atoms with Crippen LogP contribution in [0.25, 0.3) is 11.4 Å². The van der Waals surface area contributed by atoms with E-state index in [1.807, 2.05) is 19.9 Å². The number of nitrogens with zero attached hydrogens (tertiary/aromatic N) is 2. The van der Waals surface area contributed by atoms with E-state index >= 15 is 0 Å². The molecule has 0 radical (unpaired) electrons. The zero-order valence-corrected chi connectivity index (χ0v) is 31.4. The third-order valence-corrected chi connectivity index (χ3v) is 8.92. The molecule has 0 aliphatic heterocycles. The van der Waals surface area contributed by atoms with Gasteiger partial charge in [-0.25, -0.2) is 8.78 Å². The number of carbonyl (C=O) groups is 2. The molecular formula is C42H36Cl2F2N4O4. The van der Waals surface area contributed by atoms with Crippen LogP contribution in [0, 0.1) is 39.3 Å². The van der Waals surface area contributed by atoms with Crippen LogP contribution in [0.5, 0.6) is 0 Å². The highest BCUT2D eigenvalue weighted by atomic mass is 35.5. The third-order valence-electron chi connectivity index (χ3n) is 8.44. The number of rotatable bonds is 8. The molecule has 0 fully saturated rings. The van der Waals surface area contributed by atoms with Crippen molar-refractivity contribution in [3.63, 3.8) is 0 Å². The Balaban J connectivity index is 0.000000208. The zero-order valence-electron chi connectivity index (χ0n) is 29.8. The summed E-state index contributed by atoms with van der Waals surface area (Å²) in [7, 11) is 0. The fourth-order valence-electron chi connectivity index (χ4n) is 5.60. The first kappa shape index (κ1) is 39.4. The van der Waals surface area contributed by atoms with Crippen molar-refractivity contribution in [3.8, 4) is 11.4 Å². The maximum Gasteiger partial charge on any atom is 0.268 e. The van der Waals surface area contributed by atoms with Gasteiger partial charge in [0, 0.05) is 34.5 Å². The molecule has 54 heavy (non-hydrogen) atoms. The summed E-state index contributed by atoms with van der Waals surface area (Å²) in [4.78, 5) is 50.8. The van der Waals surface area contributed by atoms with Gasteiger partial charge in [0.25, 0.3) is 22.9 Å². The number of amides is 2. The van der Waals surface area contributed by atoms with Gasteiger partial charge in [0.1, 0.15) is 22.8 Å². The van der Waals surface area contributed by atoms with Crippen molar-refractivity contribution < 1.29 is 18.4 Å². The number of aromatic nitrogens is 2. The molecule has 0 spiro atoms. The second kappa shape index (κ2) is 17.3. The molecule has 2 amide bonds. The fourth-order valence-corrected chi connectivity index (χ4v) is 5.94. The van der Waals surface area contributed by atoms with Gasteiger partial charge in [0.2, 0.25) is 0 Å². The molecular weight excluding hydrogens is 733 g/mol. The highest BCUT2D eigenvalue weighted by Crippen LogP contribution is 2.18. The van der Waals surface area contributed by atoms with Gasteiger partial charge >= 0.3 is 0 Å². The Morgan fingerprint density at radius 3 is 1.48 bits per heavy atom. The maximum atomic E-state index is 14.3. The molecule has 2 heterocycles. The predicted octanol–water partition coefficient (Wildman–Crippen LogP) is 8.35. The molecule has 0 saturated heterocycles. The lowest BCUT2D eigenvalue weighted by Crippen LogP contribution is -2.33. The van der Waals surface area contributed by atoms with Crippen LogP contribution in [0.3, 0.4) is 0 Å². The van der Waals surface area contributed by atoms with E-state index in [0.717, 1.165) is 22.3 Å². The van der Waals surface area contributed by atoms with Crippen molar-refractivity contribution in [2.24, 2.45) is 0 Å². The number of hydrogen-bond donors (Lipinski definition) is 2. The average Bonchev–Trinajstić information content (AvgIpc) is 3.13. The summed E-state index contributed by atoms with van der Waals surface area (Å²) in [5.41, 5.74) is 3.40. The Morgan fingerprint density at radius 2 is 1.02 bits per heavy atom. The lowest BCUT2D eigenvalue weighted by Gasteiger charge is -2.13. The van der Waals surface area contributed by atoms with Gasteiger partial charge in [-0.1, -0.05) is 59.6 Å². The molecule has 2 N–H and O–H groups in total. The van der Waals surface area contributed by atoms with E-state index in [2.05, 4.69) is 10.6 Å². The van der Waals surface area contributed by atoms with Crippen molar-refractivity contribution in [1.29, 1.82) is 0 Å². The van der Waals surface area contributed by atoms with Crippen LogP contribution >= 0.6 is 23.2 Å². The summed E-state index contributed by atoms with van der Waals surface area (Å²) < 4.78 is 31.0. The van der Waals surface area contributed by atoms with Crippen LogP contribution in [-0.2, 0) is 13.1 Å². The Bertz CT molecular complexity index is 2480. The SMILES string of the molecule is Cc1ccc(F)c(-n2c(C)ccc(C(=O)NCc3ccc(Cl)cc3)c2=O)c1.Cc1ccc(F)c(-n2c(C)ccc(C(=O)NCc3cccc(Cl)c3)c2=O)c1. The maximum absolute atomic E-state index is 14.3. The minimum absolute atomic E-state index is 0.0459. The minimum atomic E-state index is -0.567. The Morgan fingerprint density at radius 1 is 0.556 bits per heavy atom. The highest BCUT2D eigenvalue weighted by Gasteiger charge is 2.18. The molecule has 6 rings (SSSR count). The largest absolute Gasteiger partial charge is 0.348 e. The second-order valence-electron chi connectivity index (χ2n) is 12.6. The van der Waals surface area contributed by atoms with Crippen LogP contribution < -0.4 is 21.8 Å². The van der Waals surface area contributed by atoms with Gasteiger partial charge in [-0.2, -0.15) is 0 Å². The molecule has 2 aromatic heterocycles. The first-order valence-electron chi connectivity index (χ1n) is 16.8. The number of pyridine rings is 2. The molecule has 276 valence electrons. The van der Waals surface area contributed by atoms with E-state index in [-0.39, 0.29) is 35.6 Å². The molecule has 0 aliphatic rings. The van der Waals surface area contributed by atoms with Crippen LogP contribution in [0.1, 0.15) is 54.4 Å². The summed E-state index contributed by atoms with van der Waals surface area (Å²) in [5.74, 6) is -2.09. The van der Waals surface area contributed by atoms with E-state index in [9.17, 15) is 28.0 Å². The van der Waals surface area contributed by atoms with Gasteiger partial charge < -0.3 is 10.6 Å². The van der Waals surface area contributed by atoms with Gasteiger partial charge in [0.05, 0.1) is 11.4 Å². The first-order chi connectivity index (χ1) is 25.7. The number of halogens is 4. The van der Waals surface area contributed by atoms with Crippen LogP contribution in [-0.4, -0.2) is 20.9 Å². The molecule has 0 aliphatic carbocycles. The topological polar surface area (TPSA) is 102 Å². The summed E-state index contributed by atoms with van der Waals surface area (Å²) in [6.07, 6.45) is 0. The van der Waals surface area contributed by atoms with E-state index in [4.69, 9.17) is 23.2 Å². The smallest absolute Gasteiger partial charge is 0.268 e. The van der Waals surface area contributed by atoms with Gasteiger partial charge in [-0.15, -0.1) is 0 Å². The van der Waals surface area contributed by atoms with Crippen LogP contribution in [0.15, 0.2) is 119 Å². The summed E-state index contributed by atoms with van der Waals surface area (Å²) >= 11 is 11.8. The van der Waals surface area contributed by atoms with Gasteiger partial charge in [0.15, 0.2) is 0 Å². The monoisotopic (exact) mass is 768 g/mol. The molecule has 0 bridgehead atoms. The van der Waals surface area contributed by atoms with Crippen molar-refractivity contribution in [1.82, 2.24) is 19.8 Å². The number of carbonyl (C=O) groups excluding carboxylic acids is 2. The molecule has 0 unspecified atom stereocenters. The van der Waals surface area contributed by atoms with Crippen molar-refractivity contribution in [3.05, 3.63) is 196 Å². The van der Waals surface area contributed by atoms with E-state index < -0.39 is 34.6 Å². The minimum Gasteiger partial charge on any atom is -0.348 e.